The van der Waals surface area contributed by atoms with Crippen molar-refractivity contribution in [2.24, 2.45) is 0 Å². The molecular weight excluding hydrogens is 329 g/mol. The Balaban J connectivity index is 1.36. The predicted molar refractivity (Wildman–Crippen MR) is 99.8 cm³/mol. The third-order valence-corrected chi connectivity index (χ3v) is 5.41. The summed E-state index contributed by atoms with van der Waals surface area (Å²) in [4.78, 5) is 11.9. The predicted octanol–water partition coefficient (Wildman–Crippen LogP) is 3.99. The quantitative estimate of drug-likeness (QED) is 0.831. The van der Waals surface area contributed by atoms with Crippen molar-refractivity contribution < 1.29 is 9.13 Å². The van der Waals surface area contributed by atoms with Crippen LogP contribution in [0, 0.1) is 12.7 Å². The molecular formula is C21H26FN3O. The second-order valence-electron chi connectivity index (χ2n) is 7.35. The van der Waals surface area contributed by atoms with E-state index in [-0.39, 0.29) is 11.9 Å². The van der Waals surface area contributed by atoms with Crippen molar-refractivity contribution in [2.75, 3.05) is 18.0 Å². The second-order valence-corrected chi connectivity index (χ2v) is 7.35. The van der Waals surface area contributed by atoms with Crippen LogP contribution in [0.2, 0.25) is 0 Å². The van der Waals surface area contributed by atoms with Gasteiger partial charge < -0.3 is 9.64 Å². The highest BCUT2D eigenvalue weighted by molar-refractivity contribution is 5.50. The van der Waals surface area contributed by atoms with E-state index >= 15 is 0 Å². The number of piperidine rings is 1. The molecule has 0 amide bonds. The molecule has 1 saturated heterocycles. The third-order valence-electron chi connectivity index (χ3n) is 5.41. The number of rotatable bonds is 4. The fraction of sp³-hybridized carbons (Fsp3) is 0.524. The lowest BCUT2D eigenvalue weighted by Gasteiger charge is -2.35. The van der Waals surface area contributed by atoms with E-state index in [2.05, 4.69) is 9.88 Å². The van der Waals surface area contributed by atoms with Crippen LogP contribution in [0.1, 0.15) is 48.3 Å². The second kappa shape index (κ2) is 7.70. The fourth-order valence-corrected chi connectivity index (χ4v) is 3.99. The molecule has 5 heteroatoms. The van der Waals surface area contributed by atoms with Crippen molar-refractivity contribution in [3.8, 4) is 0 Å². The van der Waals surface area contributed by atoms with Gasteiger partial charge in [-0.2, -0.15) is 0 Å². The van der Waals surface area contributed by atoms with Crippen LogP contribution in [0.15, 0.2) is 24.3 Å². The Labute approximate surface area is 154 Å². The molecule has 0 unspecified atom stereocenters. The lowest BCUT2D eigenvalue weighted by atomic mass is 9.95. The molecule has 0 radical (unpaired) electrons. The van der Waals surface area contributed by atoms with Crippen LogP contribution >= 0.6 is 0 Å². The van der Waals surface area contributed by atoms with Crippen LogP contribution in [0.4, 0.5) is 10.2 Å². The van der Waals surface area contributed by atoms with Gasteiger partial charge in [0.15, 0.2) is 0 Å². The number of hydrogen-bond donors (Lipinski definition) is 0. The number of halogens is 1. The van der Waals surface area contributed by atoms with Gasteiger partial charge in [-0.3, -0.25) is 0 Å². The SMILES string of the molecule is Cc1nc2c(c(N3CCC(OCc4ccc(F)cc4)CC3)n1)CCCC2. The Kier molecular flexibility index (Phi) is 5.16. The summed E-state index contributed by atoms with van der Waals surface area (Å²) in [6.45, 7) is 4.48. The topological polar surface area (TPSA) is 38.2 Å². The van der Waals surface area contributed by atoms with Crippen LogP contribution in [0.3, 0.4) is 0 Å². The molecule has 0 spiro atoms. The molecule has 4 rings (SSSR count). The molecule has 2 heterocycles. The first kappa shape index (κ1) is 17.4. The summed E-state index contributed by atoms with van der Waals surface area (Å²) < 4.78 is 19.0. The molecule has 2 aliphatic rings. The maximum atomic E-state index is 13.0. The number of hydrogen-bond acceptors (Lipinski definition) is 4. The minimum atomic E-state index is -0.203. The molecule has 1 fully saturated rings. The average molecular weight is 355 g/mol. The van der Waals surface area contributed by atoms with Gasteiger partial charge >= 0.3 is 0 Å². The monoisotopic (exact) mass is 355 g/mol. The first-order valence-electron chi connectivity index (χ1n) is 9.66. The van der Waals surface area contributed by atoms with E-state index in [0.29, 0.717) is 6.61 Å². The molecule has 1 aliphatic heterocycles. The van der Waals surface area contributed by atoms with E-state index in [1.54, 1.807) is 12.1 Å². The summed E-state index contributed by atoms with van der Waals surface area (Å²) in [5, 5.41) is 0. The maximum Gasteiger partial charge on any atom is 0.135 e. The third kappa shape index (κ3) is 3.88. The van der Waals surface area contributed by atoms with Crippen LogP contribution in [0.5, 0.6) is 0 Å². The van der Waals surface area contributed by atoms with E-state index in [4.69, 9.17) is 9.72 Å². The molecule has 4 nitrogen and oxygen atoms in total. The lowest BCUT2D eigenvalue weighted by molar-refractivity contribution is 0.0250. The summed E-state index contributed by atoms with van der Waals surface area (Å²) in [5.74, 6) is 1.84. The van der Waals surface area contributed by atoms with Crippen molar-refractivity contribution in [3.63, 3.8) is 0 Å². The Hall–Kier alpha value is -2.01. The van der Waals surface area contributed by atoms with Crippen LogP contribution in [-0.4, -0.2) is 29.2 Å². The minimum absolute atomic E-state index is 0.203. The van der Waals surface area contributed by atoms with Crippen LogP contribution in [-0.2, 0) is 24.2 Å². The zero-order valence-corrected chi connectivity index (χ0v) is 15.4. The largest absolute Gasteiger partial charge is 0.373 e. The number of ether oxygens (including phenoxy) is 1. The number of anilines is 1. The maximum absolute atomic E-state index is 13.0. The smallest absolute Gasteiger partial charge is 0.135 e. The highest BCUT2D eigenvalue weighted by Crippen LogP contribution is 2.30. The average Bonchev–Trinajstić information content (AvgIpc) is 2.67. The first-order valence-corrected chi connectivity index (χ1v) is 9.66. The first-order chi connectivity index (χ1) is 12.7. The van der Waals surface area contributed by atoms with E-state index in [1.165, 1.54) is 36.2 Å². The van der Waals surface area contributed by atoms with Gasteiger partial charge in [-0.15, -0.1) is 0 Å². The van der Waals surface area contributed by atoms with Gasteiger partial charge in [0.05, 0.1) is 12.7 Å². The summed E-state index contributed by atoms with van der Waals surface area (Å²) in [5.41, 5.74) is 3.65. The number of aryl methyl sites for hydroxylation is 2. The van der Waals surface area contributed by atoms with Gasteiger partial charge in [0.1, 0.15) is 17.5 Å². The van der Waals surface area contributed by atoms with Gasteiger partial charge in [0, 0.05) is 24.3 Å². The summed E-state index contributed by atoms with van der Waals surface area (Å²) in [7, 11) is 0. The Morgan fingerprint density at radius 1 is 1.08 bits per heavy atom. The van der Waals surface area contributed by atoms with Crippen molar-refractivity contribution in [2.45, 2.75) is 58.2 Å². The van der Waals surface area contributed by atoms with Gasteiger partial charge in [-0.25, -0.2) is 14.4 Å². The lowest BCUT2D eigenvalue weighted by Crippen LogP contribution is -2.38. The molecule has 1 aromatic carbocycles. The van der Waals surface area contributed by atoms with Gasteiger partial charge in [-0.1, -0.05) is 12.1 Å². The fourth-order valence-electron chi connectivity index (χ4n) is 3.99. The Morgan fingerprint density at radius 3 is 2.58 bits per heavy atom. The Bertz CT molecular complexity index is 755. The minimum Gasteiger partial charge on any atom is -0.373 e. The molecule has 2 aromatic rings. The van der Waals surface area contributed by atoms with Crippen LogP contribution in [0.25, 0.3) is 0 Å². The normalized spacial score (nSPS) is 18.0. The summed E-state index contributed by atoms with van der Waals surface area (Å²) in [6.07, 6.45) is 6.92. The van der Waals surface area contributed by atoms with E-state index in [9.17, 15) is 4.39 Å². The standard InChI is InChI=1S/C21H26FN3O/c1-15-23-20-5-3-2-4-19(20)21(24-15)25-12-10-18(11-13-25)26-14-16-6-8-17(22)9-7-16/h6-9,18H,2-5,10-14H2,1H3. The Morgan fingerprint density at radius 2 is 1.81 bits per heavy atom. The van der Waals surface area contributed by atoms with Gasteiger partial charge in [-0.05, 0) is 63.1 Å². The van der Waals surface area contributed by atoms with E-state index < -0.39 is 0 Å². The molecule has 0 saturated carbocycles. The molecule has 1 aliphatic carbocycles. The van der Waals surface area contributed by atoms with Crippen LogP contribution < -0.4 is 4.90 Å². The molecule has 26 heavy (non-hydrogen) atoms. The van der Waals surface area contributed by atoms with Crippen molar-refractivity contribution in [1.29, 1.82) is 0 Å². The zero-order chi connectivity index (χ0) is 17.9. The van der Waals surface area contributed by atoms with Crippen molar-refractivity contribution >= 4 is 5.82 Å². The highest BCUT2D eigenvalue weighted by Gasteiger charge is 2.25. The molecule has 1 aromatic heterocycles. The van der Waals surface area contributed by atoms with Crippen molar-refractivity contribution in [1.82, 2.24) is 9.97 Å². The molecule has 0 bridgehead atoms. The summed E-state index contributed by atoms with van der Waals surface area (Å²) in [6, 6.07) is 6.56. The van der Waals surface area contributed by atoms with E-state index in [0.717, 1.165) is 56.0 Å². The zero-order valence-electron chi connectivity index (χ0n) is 15.4. The van der Waals surface area contributed by atoms with E-state index in [1.807, 2.05) is 6.92 Å². The molecule has 0 atom stereocenters. The molecule has 138 valence electrons. The number of benzene rings is 1. The summed E-state index contributed by atoms with van der Waals surface area (Å²) >= 11 is 0. The molecule has 0 N–H and O–H groups in total. The van der Waals surface area contributed by atoms with Crippen molar-refractivity contribution in [3.05, 3.63) is 52.7 Å². The highest BCUT2D eigenvalue weighted by atomic mass is 19.1. The van der Waals surface area contributed by atoms with Gasteiger partial charge in [0.25, 0.3) is 0 Å². The number of nitrogens with zero attached hydrogens (tertiary/aromatic N) is 3. The van der Waals surface area contributed by atoms with Gasteiger partial charge in [0.2, 0.25) is 0 Å². The number of aromatic nitrogens is 2. The number of fused-ring (bicyclic) bond motifs is 1.